The average Bonchev–Trinajstić information content (AvgIpc) is 3.09. The fraction of sp³-hybridized carbons (Fsp3) is 0.625. The second-order valence-electron chi connectivity index (χ2n) is 5.42. The van der Waals surface area contributed by atoms with Gasteiger partial charge in [0.05, 0.1) is 0 Å². The summed E-state index contributed by atoms with van der Waals surface area (Å²) >= 11 is 0. The molecule has 0 unspecified atom stereocenters. The van der Waals surface area contributed by atoms with Crippen LogP contribution >= 0.6 is 24.0 Å². The molecule has 0 atom stereocenters. The zero-order valence-electron chi connectivity index (χ0n) is 14.0. The van der Waals surface area contributed by atoms with Crippen LogP contribution in [0.2, 0.25) is 0 Å². The summed E-state index contributed by atoms with van der Waals surface area (Å²) in [6, 6.07) is 4.21. The molecule has 2 N–H and O–H groups in total. The zero-order chi connectivity index (χ0) is 15.6. The van der Waals surface area contributed by atoms with Gasteiger partial charge in [0, 0.05) is 53.1 Å². The maximum Gasteiger partial charge on any atom is 0.191 e. The Kier molecular flexibility index (Phi) is 9.93. The van der Waals surface area contributed by atoms with Crippen LogP contribution in [-0.4, -0.2) is 51.3 Å². The van der Waals surface area contributed by atoms with E-state index in [1.54, 1.807) is 14.2 Å². The summed E-state index contributed by atoms with van der Waals surface area (Å²) in [5.74, 6) is 1.90. The predicted molar refractivity (Wildman–Crippen MR) is 106 cm³/mol. The van der Waals surface area contributed by atoms with Crippen molar-refractivity contribution in [2.24, 2.45) is 4.99 Å². The standard InChI is InChI=1S/C16H27N5O.HI/c1-17-16(19-7-5-11-22-2)20-13-14-6-8-18-15(12-14)21-9-3-4-10-21;/h6,8,12H,3-5,7,9-11,13H2,1-2H3,(H2,17,19,20);1H. The number of hydrogen-bond donors (Lipinski definition) is 2. The number of aromatic nitrogens is 1. The number of rotatable bonds is 7. The topological polar surface area (TPSA) is 61.8 Å². The fourth-order valence-corrected chi connectivity index (χ4v) is 2.52. The van der Waals surface area contributed by atoms with E-state index in [0.29, 0.717) is 0 Å². The molecule has 2 rings (SSSR count). The summed E-state index contributed by atoms with van der Waals surface area (Å²) in [7, 11) is 3.50. The van der Waals surface area contributed by atoms with Crippen molar-refractivity contribution in [3.8, 4) is 0 Å². The van der Waals surface area contributed by atoms with Crippen LogP contribution in [0.15, 0.2) is 23.3 Å². The van der Waals surface area contributed by atoms with Gasteiger partial charge in [0.1, 0.15) is 5.82 Å². The lowest BCUT2D eigenvalue weighted by molar-refractivity contribution is 0.195. The van der Waals surface area contributed by atoms with Gasteiger partial charge in [-0.25, -0.2) is 4.98 Å². The van der Waals surface area contributed by atoms with Crippen LogP contribution in [0.4, 0.5) is 5.82 Å². The maximum atomic E-state index is 5.04. The number of pyridine rings is 1. The Hall–Kier alpha value is -1.09. The lowest BCUT2D eigenvalue weighted by Gasteiger charge is -2.17. The van der Waals surface area contributed by atoms with Crippen LogP contribution in [0.1, 0.15) is 24.8 Å². The van der Waals surface area contributed by atoms with Gasteiger partial charge in [0.15, 0.2) is 5.96 Å². The monoisotopic (exact) mass is 433 g/mol. The average molecular weight is 433 g/mol. The Bertz CT molecular complexity index is 477. The van der Waals surface area contributed by atoms with Crippen molar-refractivity contribution < 1.29 is 4.74 Å². The van der Waals surface area contributed by atoms with Crippen molar-refractivity contribution in [3.63, 3.8) is 0 Å². The second-order valence-corrected chi connectivity index (χ2v) is 5.42. The lowest BCUT2D eigenvalue weighted by atomic mass is 10.2. The Labute approximate surface area is 156 Å². The summed E-state index contributed by atoms with van der Waals surface area (Å²) in [6.45, 7) is 4.59. The number of aliphatic imine (C=N–C) groups is 1. The normalized spacial score (nSPS) is 14.5. The maximum absolute atomic E-state index is 5.04. The van der Waals surface area contributed by atoms with E-state index in [9.17, 15) is 0 Å². The SMILES string of the molecule is CN=C(NCCCOC)NCc1ccnc(N2CCCC2)c1.I. The molecule has 1 saturated heterocycles. The van der Waals surface area contributed by atoms with E-state index in [2.05, 4.69) is 31.6 Å². The molecular weight excluding hydrogens is 405 g/mol. The number of guanidine groups is 1. The number of methoxy groups -OCH3 is 1. The number of nitrogens with zero attached hydrogens (tertiary/aromatic N) is 3. The third-order valence-corrected chi connectivity index (χ3v) is 3.74. The van der Waals surface area contributed by atoms with E-state index in [1.807, 2.05) is 12.3 Å². The minimum Gasteiger partial charge on any atom is -0.385 e. The van der Waals surface area contributed by atoms with Crippen LogP contribution < -0.4 is 15.5 Å². The second kappa shape index (κ2) is 11.4. The summed E-state index contributed by atoms with van der Waals surface area (Å²) in [5, 5.41) is 6.61. The van der Waals surface area contributed by atoms with Gasteiger partial charge in [-0.05, 0) is 37.0 Å². The molecular formula is C16H28IN5O. The first-order valence-electron chi connectivity index (χ1n) is 7.97. The van der Waals surface area contributed by atoms with E-state index in [0.717, 1.165) is 51.0 Å². The molecule has 0 bridgehead atoms. The molecule has 0 aromatic carbocycles. The first-order valence-corrected chi connectivity index (χ1v) is 7.97. The third kappa shape index (κ3) is 6.90. The van der Waals surface area contributed by atoms with Gasteiger partial charge in [-0.3, -0.25) is 4.99 Å². The predicted octanol–water partition coefficient (Wildman–Crippen LogP) is 2.00. The Morgan fingerprint density at radius 3 is 2.83 bits per heavy atom. The highest BCUT2D eigenvalue weighted by molar-refractivity contribution is 14.0. The van der Waals surface area contributed by atoms with Crippen molar-refractivity contribution in [1.29, 1.82) is 0 Å². The fourth-order valence-electron chi connectivity index (χ4n) is 2.52. The molecule has 6 nitrogen and oxygen atoms in total. The molecule has 2 heterocycles. The Morgan fingerprint density at radius 2 is 2.13 bits per heavy atom. The molecule has 0 saturated carbocycles. The van der Waals surface area contributed by atoms with Crippen LogP contribution in [0.25, 0.3) is 0 Å². The molecule has 0 aliphatic carbocycles. The van der Waals surface area contributed by atoms with Crippen LogP contribution in [0, 0.1) is 0 Å². The highest BCUT2D eigenvalue weighted by Gasteiger charge is 2.13. The summed E-state index contributed by atoms with van der Waals surface area (Å²) in [4.78, 5) is 11.1. The van der Waals surface area contributed by atoms with Crippen LogP contribution in [-0.2, 0) is 11.3 Å². The van der Waals surface area contributed by atoms with Crippen molar-refractivity contribution in [2.75, 3.05) is 45.3 Å². The van der Waals surface area contributed by atoms with Crippen molar-refractivity contribution in [1.82, 2.24) is 15.6 Å². The molecule has 130 valence electrons. The number of ether oxygens (including phenoxy) is 1. The molecule has 0 spiro atoms. The molecule has 1 aliphatic heterocycles. The minimum absolute atomic E-state index is 0. The van der Waals surface area contributed by atoms with E-state index in [4.69, 9.17) is 4.74 Å². The minimum atomic E-state index is 0. The van der Waals surface area contributed by atoms with E-state index < -0.39 is 0 Å². The number of anilines is 1. The van der Waals surface area contributed by atoms with Gasteiger partial charge >= 0.3 is 0 Å². The zero-order valence-corrected chi connectivity index (χ0v) is 16.4. The highest BCUT2D eigenvalue weighted by atomic mass is 127. The van der Waals surface area contributed by atoms with E-state index in [-0.39, 0.29) is 24.0 Å². The van der Waals surface area contributed by atoms with Gasteiger partial charge in [-0.2, -0.15) is 0 Å². The number of halogens is 1. The number of hydrogen-bond acceptors (Lipinski definition) is 4. The van der Waals surface area contributed by atoms with E-state index >= 15 is 0 Å². The summed E-state index contributed by atoms with van der Waals surface area (Å²) in [5.41, 5.74) is 1.22. The molecule has 7 heteroatoms. The van der Waals surface area contributed by atoms with Crippen molar-refractivity contribution in [3.05, 3.63) is 23.9 Å². The lowest BCUT2D eigenvalue weighted by Crippen LogP contribution is -2.37. The molecule has 1 fully saturated rings. The number of nitrogens with one attached hydrogen (secondary N) is 2. The van der Waals surface area contributed by atoms with E-state index in [1.165, 1.54) is 18.4 Å². The van der Waals surface area contributed by atoms with Crippen molar-refractivity contribution in [2.45, 2.75) is 25.8 Å². The largest absolute Gasteiger partial charge is 0.385 e. The highest BCUT2D eigenvalue weighted by Crippen LogP contribution is 2.18. The molecule has 0 radical (unpaired) electrons. The smallest absolute Gasteiger partial charge is 0.191 e. The Balaban J connectivity index is 0.00000264. The Morgan fingerprint density at radius 1 is 1.35 bits per heavy atom. The van der Waals surface area contributed by atoms with Crippen LogP contribution in [0.5, 0.6) is 0 Å². The van der Waals surface area contributed by atoms with Gasteiger partial charge in [0.2, 0.25) is 0 Å². The summed E-state index contributed by atoms with van der Waals surface area (Å²) < 4.78 is 5.04. The van der Waals surface area contributed by atoms with Gasteiger partial charge in [-0.1, -0.05) is 0 Å². The van der Waals surface area contributed by atoms with Crippen LogP contribution in [0.3, 0.4) is 0 Å². The first-order chi connectivity index (χ1) is 10.8. The molecule has 1 aromatic heterocycles. The molecule has 1 aromatic rings. The quantitative estimate of drug-likeness (QED) is 0.298. The van der Waals surface area contributed by atoms with Gasteiger partial charge in [-0.15, -0.1) is 24.0 Å². The molecule has 23 heavy (non-hydrogen) atoms. The molecule has 1 aliphatic rings. The third-order valence-electron chi connectivity index (χ3n) is 3.74. The molecule has 0 amide bonds. The van der Waals surface area contributed by atoms with Gasteiger partial charge < -0.3 is 20.3 Å². The van der Waals surface area contributed by atoms with Gasteiger partial charge in [0.25, 0.3) is 0 Å². The van der Waals surface area contributed by atoms with Crippen molar-refractivity contribution >= 4 is 35.8 Å². The summed E-state index contributed by atoms with van der Waals surface area (Å²) in [6.07, 6.45) is 5.38. The first kappa shape index (κ1) is 20.0.